The van der Waals surface area contributed by atoms with Crippen LogP contribution in [0.25, 0.3) is 0 Å². The number of fused-ring (bicyclic) bond motifs is 1. The van der Waals surface area contributed by atoms with Crippen LogP contribution >= 0.6 is 0 Å². The smallest absolute Gasteiger partial charge is 0.309 e. The second-order valence-electron chi connectivity index (χ2n) is 6.94. The highest BCUT2D eigenvalue weighted by Crippen LogP contribution is 2.41. The van der Waals surface area contributed by atoms with Crippen molar-refractivity contribution in [3.63, 3.8) is 0 Å². The Kier molecular flexibility index (Phi) is 6.66. The Labute approximate surface area is 173 Å². The van der Waals surface area contributed by atoms with Crippen molar-refractivity contribution in [2.24, 2.45) is 0 Å². The highest BCUT2D eigenvalue weighted by molar-refractivity contribution is 5.96. The molecule has 0 spiro atoms. The van der Waals surface area contributed by atoms with Crippen molar-refractivity contribution in [3.8, 4) is 11.5 Å². The summed E-state index contributed by atoms with van der Waals surface area (Å²) in [6, 6.07) is 12.2. The largest absolute Gasteiger partial charge is 0.497 e. The second-order valence-corrected chi connectivity index (χ2v) is 6.94. The van der Waals surface area contributed by atoms with E-state index in [1.807, 2.05) is 0 Å². The molecule has 0 N–H and O–H groups in total. The standard InChI is InChI=1S/C22H23NO7/c1-3-29-21(25)13-20-22(23(26)27)17(16-6-4-5-7-19(16)30-20)12-18(24)14-8-10-15(28-2)11-9-14/h4-11,17,20,22H,3,12-13H2,1-2H3/t17-,20+,22+/m1/s1. The molecule has 3 atom stereocenters. The molecule has 8 nitrogen and oxygen atoms in total. The van der Waals surface area contributed by atoms with E-state index in [4.69, 9.17) is 14.2 Å². The Morgan fingerprint density at radius 2 is 1.80 bits per heavy atom. The number of ether oxygens (including phenoxy) is 3. The molecule has 0 radical (unpaired) electrons. The molecule has 3 rings (SSSR count). The van der Waals surface area contributed by atoms with Crippen molar-refractivity contribution in [3.05, 3.63) is 69.8 Å². The molecule has 1 aliphatic heterocycles. The summed E-state index contributed by atoms with van der Waals surface area (Å²) < 4.78 is 15.9. The maximum atomic E-state index is 12.9. The number of esters is 1. The van der Waals surface area contributed by atoms with Gasteiger partial charge in [0.05, 0.1) is 26.1 Å². The number of Topliss-reactive ketones (excluding diaryl/α,β-unsaturated/α-hetero) is 1. The molecule has 158 valence electrons. The molecule has 0 fully saturated rings. The van der Waals surface area contributed by atoms with Gasteiger partial charge in [0.2, 0.25) is 0 Å². The van der Waals surface area contributed by atoms with E-state index < -0.39 is 29.0 Å². The number of para-hydroxylation sites is 1. The maximum Gasteiger partial charge on any atom is 0.309 e. The number of carbonyl (C=O) groups excluding carboxylic acids is 2. The highest BCUT2D eigenvalue weighted by atomic mass is 16.6. The lowest BCUT2D eigenvalue weighted by Gasteiger charge is -2.34. The van der Waals surface area contributed by atoms with Crippen molar-refractivity contribution >= 4 is 11.8 Å². The SMILES string of the molecule is CCOC(=O)C[C@@H]1Oc2ccccc2[C@@H](CC(=O)c2ccc(OC)cc2)[C@@H]1[N+](=O)[O-]. The molecule has 1 aliphatic rings. The predicted molar refractivity (Wildman–Crippen MR) is 108 cm³/mol. The van der Waals surface area contributed by atoms with Crippen molar-refractivity contribution in [1.82, 2.24) is 0 Å². The van der Waals surface area contributed by atoms with Gasteiger partial charge in [0, 0.05) is 22.5 Å². The molecule has 0 saturated carbocycles. The van der Waals surface area contributed by atoms with Gasteiger partial charge in [-0.3, -0.25) is 19.7 Å². The molecule has 30 heavy (non-hydrogen) atoms. The van der Waals surface area contributed by atoms with Crippen LogP contribution in [0.15, 0.2) is 48.5 Å². The first-order valence-electron chi connectivity index (χ1n) is 9.66. The molecule has 0 saturated heterocycles. The van der Waals surface area contributed by atoms with Crippen molar-refractivity contribution in [2.45, 2.75) is 37.8 Å². The van der Waals surface area contributed by atoms with Crippen LogP contribution in [-0.2, 0) is 9.53 Å². The lowest BCUT2D eigenvalue weighted by atomic mass is 9.80. The Morgan fingerprint density at radius 1 is 1.10 bits per heavy atom. The number of rotatable bonds is 8. The van der Waals surface area contributed by atoms with Gasteiger partial charge in [0.25, 0.3) is 6.04 Å². The summed E-state index contributed by atoms with van der Waals surface area (Å²) in [4.78, 5) is 36.4. The number of nitrogens with zero attached hydrogens (tertiary/aromatic N) is 1. The second kappa shape index (κ2) is 9.39. The van der Waals surface area contributed by atoms with E-state index in [2.05, 4.69) is 0 Å². The number of hydrogen-bond donors (Lipinski definition) is 0. The molecule has 0 aliphatic carbocycles. The summed E-state index contributed by atoms with van der Waals surface area (Å²) in [5, 5.41) is 12.0. The Balaban J connectivity index is 1.92. The number of carbonyl (C=O) groups is 2. The average molecular weight is 413 g/mol. The average Bonchev–Trinajstić information content (AvgIpc) is 2.73. The number of benzene rings is 2. The quantitative estimate of drug-likeness (QED) is 0.283. The molecule has 1 heterocycles. The van der Waals surface area contributed by atoms with Crippen molar-refractivity contribution in [1.29, 1.82) is 0 Å². The van der Waals surface area contributed by atoms with Crippen LogP contribution in [0.4, 0.5) is 0 Å². The minimum atomic E-state index is -1.26. The maximum absolute atomic E-state index is 12.9. The topological polar surface area (TPSA) is 105 Å². The van der Waals surface area contributed by atoms with E-state index in [-0.39, 0.29) is 25.2 Å². The predicted octanol–water partition coefficient (Wildman–Crippen LogP) is 3.41. The summed E-state index contributed by atoms with van der Waals surface area (Å²) in [6.45, 7) is 1.83. The van der Waals surface area contributed by atoms with Gasteiger partial charge in [-0.15, -0.1) is 0 Å². The van der Waals surface area contributed by atoms with Gasteiger partial charge >= 0.3 is 5.97 Å². The van der Waals surface area contributed by atoms with Gasteiger partial charge < -0.3 is 14.2 Å². The Bertz CT molecular complexity index is 925. The summed E-state index contributed by atoms with van der Waals surface area (Å²) in [7, 11) is 1.53. The first-order chi connectivity index (χ1) is 14.4. The third-order valence-electron chi connectivity index (χ3n) is 5.12. The van der Waals surface area contributed by atoms with E-state index in [1.165, 1.54) is 7.11 Å². The normalized spacial score (nSPS) is 19.9. The lowest BCUT2D eigenvalue weighted by Crippen LogP contribution is -2.47. The first-order valence-corrected chi connectivity index (χ1v) is 9.66. The molecule has 0 aromatic heterocycles. The Hall–Kier alpha value is -3.42. The molecule has 0 amide bonds. The molecule has 2 aromatic carbocycles. The highest BCUT2D eigenvalue weighted by Gasteiger charge is 2.48. The lowest BCUT2D eigenvalue weighted by molar-refractivity contribution is -0.538. The minimum absolute atomic E-state index is 0.0856. The summed E-state index contributed by atoms with van der Waals surface area (Å²) >= 11 is 0. The van der Waals surface area contributed by atoms with Gasteiger partial charge in [0.1, 0.15) is 11.5 Å². The van der Waals surface area contributed by atoms with Crippen LogP contribution in [0.5, 0.6) is 11.5 Å². The number of nitro groups is 1. The Morgan fingerprint density at radius 3 is 2.43 bits per heavy atom. The van der Waals surface area contributed by atoms with Crippen LogP contribution in [0.1, 0.15) is 41.6 Å². The summed E-state index contributed by atoms with van der Waals surface area (Å²) in [5.74, 6) is -0.493. The van der Waals surface area contributed by atoms with Gasteiger partial charge in [-0.1, -0.05) is 18.2 Å². The van der Waals surface area contributed by atoms with E-state index in [1.54, 1.807) is 55.5 Å². The fourth-order valence-electron chi connectivity index (χ4n) is 3.72. The van der Waals surface area contributed by atoms with E-state index in [9.17, 15) is 19.7 Å². The molecular weight excluding hydrogens is 390 g/mol. The number of hydrogen-bond acceptors (Lipinski definition) is 7. The minimum Gasteiger partial charge on any atom is -0.497 e. The molecular formula is C22H23NO7. The van der Waals surface area contributed by atoms with Crippen LogP contribution in [0.3, 0.4) is 0 Å². The van der Waals surface area contributed by atoms with Crippen LogP contribution in [0.2, 0.25) is 0 Å². The molecule has 8 heteroatoms. The van der Waals surface area contributed by atoms with Crippen molar-refractivity contribution < 1.29 is 28.7 Å². The van der Waals surface area contributed by atoms with Gasteiger partial charge in [-0.05, 0) is 37.3 Å². The zero-order valence-corrected chi connectivity index (χ0v) is 16.8. The number of methoxy groups -OCH3 is 1. The molecule has 0 unspecified atom stereocenters. The summed E-state index contributed by atoms with van der Waals surface area (Å²) in [5.41, 5.74) is 1.02. The fraction of sp³-hybridized carbons (Fsp3) is 0.364. The number of ketones is 1. The first kappa shape index (κ1) is 21.3. The summed E-state index contributed by atoms with van der Waals surface area (Å²) in [6.07, 6.45) is -1.37. The van der Waals surface area contributed by atoms with E-state index >= 15 is 0 Å². The van der Waals surface area contributed by atoms with Gasteiger partial charge in [-0.2, -0.15) is 0 Å². The monoisotopic (exact) mass is 413 g/mol. The van der Waals surface area contributed by atoms with Crippen molar-refractivity contribution in [2.75, 3.05) is 13.7 Å². The zero-order valence-electron chi connectivity index (χ0n) is 16.8. The third-order valence-corrected chi connectivity index (χ3v) is 5.12. The zero-order chi connectivity index (χ0) is 21.7. The fourth-order valence-corrected chi connectivity index (χ4v) is 3.72. The van der Waals surface area contributed by atoms with Crippen LogP contribution in [-0.4, -0.2) is 42.5 Å². The van der Waals surface area contributed by atoms with Crippen LogP contribution in [0, 0.1) is 10.1 Å². The van der Waals surface area contributed by atoms with Gasteiger partial charge in [0.15, 0.2) is 11.9 Å². The van der Waals surface area contributed by atoms with E-state index in [0.717, 1.165) is 0 Å². The molecule has 2 aromatic rings. The molecule has 0 bridgehead atoms. The van der Waals surface area contributed by atoms with Gasteiger partial charge in [-0.25, -0.2) is 0 Å². The third kappa shape index (κ3) is 4.59. The van der Waals surface area contributed by atoms with E-state index in [0.29, 0.717) is 22.6 Å². The van der Waals surface area contributed by atoms with Crippen LogP contribution < -0.4 is 9.47 Å².